The summed E-state index contributed by atoms with van der Waals surface area (Å²) in [5, 5.41) is 11.5. The molecule has 1 aromatic heterocycles. The van der Waals surface area contributed by atoms with Crippen LogP contribution in [0.2, 0.25) is 5.02 Å². The van der Waals surface area contributed by atoms with E-state index in [1.54, 1.807) is 4.68 Å². The highest BCUT2D eigenvalue weighted by Gasteiger charge is 2.37. The van der Waals surface area contributed by atoms with E-state index in [1.807, 2.05) is 44.3 Å². The third-order valence-electron chi connectivity index (χ3n) is 4.34. The van der Waals surface area contributed by atoms with Crippen molar-refractivity contribution in [2.24, 2.45) is 0 Å². The summed E-state index contributed by atoms with van der Waals surface area (Å²) in [6, 6.07) is 6.88. The van der Waals surface area contributed by atoms with Gasteiger partial charge in [0, 0.05) is 30.2 Å². The number of nitrogens with one attached hydrogen (secondary N) is 1. The zero-order valence-electron chi connectivity index (χ0n) is 14.9. The van der Waals surface area contributed by atoms with E-state index in [0.29, 0.717) is 30.1 Å². The Kier molecular flexibility index (Phi) is 5.56. The second-order valence-corrected chi connectivity index (χ2v) is 7.15. The lowest BCUT2D eigenvalue weighted by Crippen LogP contribution is -2.33. The van der Waals surface area contributed by atoms with Gasteiger partial charge in [0.2, 0.25) is 0 Å². The number of carbonyl (C=O) groups is 2. The van der Waals surface area contributed by atoms with Crippen LogP contribution in [0.5, 0.6) is 0 Å². The number of halogens is 1. The lowest BCUT2D eigenvalue weighted by atomic mass is 10.1. The number of hydrogen-bond donors (Lipinski definition) is 1. The standard InChI is InChI=1S/C18H22ClN5O2/c1-12(2)24-11-15(21-22-24)10-16-17(25)23(18(26)20-16)8-4-6-13-5-3-7-14(19)9-13/h3,5,7,9,11-12,16H,4,6,8,10H2,1-2H3,(H,20,26). The van der Waals surface area contributed by atoms with E-state index in [4.69, 9.17) is 11.6 Å². The molecule has 1 aliphatic heterocycles. The van der Waals surface area contributed by atoms with Crippen molar-refractivity contribution in [3.05, 3.63) is 46.7 Å². The van der Waals surface area contributed by atoms with E-state index in [2.05, 4.69) is 15.6 Å². The van der Waals surface area contributed by atoms with Gasteiger partial charge in [-0.25, -0.2) is 9.48 Å². The van der Waals surface area contributed by atoms with Crippen molar-refractivity contribution in [3.8, 4) is 0 Å². The van der Waals surface area contributed by atoms with Gasteiger partial charge >= 0.3 is 6.03 Å². The van der Waals surface area contributed by atoms with Crippen LogP contribution < -0.4 is 5.32 Å². The Morgan fingerprint density at radius 3 is 2.81 bits per heavy atom. The molecule has 1 aromatic carbocycles. The number of benzene rings is 1. The normalized spacial score (nSPS) is 17.2. The minimum absolute atomic E-state index is 0.202. The molecule has 3 amide bonds. The summed E-state index contributed by atoms with van der Waals surface area (Å²) in [6.07, 6.45) is 3.61. The van der Waals surface area contributed by atoms with Crippen molar-refractivity contribution in [2.45, 2.75) is 45.2 Å². The third kappa shape index (κ3) is 4.22. The van der Waals surface area contributed by atoms with Crippen molar-refractivity contribution in [3.63, 3.8) is 0 Å². The number of aryl methyl sites for hydroxylation is 1. The van der Waals surface area contributed by atoms with Crippen LogP contribution in [0.15, 0.2) is 30.5 Å². The first-order valence-electron chi connectivity index (χ1n) is 8.71. The minimum Gasteiger partial charge on any atom is -0.325 e. The van der Waals surface area contributed by atoms with Gasteiger partial charge < -0.3 is 5.32 Å². The molecule has 0 radical (unpaired) electrons. The Labute approximate surface area is 157 Å². The van der Waals surface area contributed by atoms with Gasteiger partial charge in [0.15, 0.2) is 0 Å². The van der Waals surface area contributed by atoms with Gasteiger partial charge in [0.05, 0.1) is 5.69 Å². The first kappa shape index (κ1) is 18.4. The van der Waals surface area contributed by atoms with Crippen molar-refractivity contribution in [1.29, 1.82) is 0 Å². The Balaban J connectivity index is 1.54. The smallest absolute Gasteiger partial charge is 0.324 e. The zero-order chi connectivity index (χ0) is 18.7. The SMILES string of the molecule is CC(C)n1cc(CC2NC(=O)N(CCCc3cccc(Cl)c3)C2=O)nn1. The second-order valence-electron chi connectivity index (χ2n) is 6.71. The highest BCUT2D eigenvalue weighted by Crippen LogP contribution is 2.15. The van der Waals surface area contributed by atoms with Crippen LogP contribution in [0.3, 0.4) is 0 Å². The molecule has 1 saturated heterocycles. The molecular weight excluding hydrogens is 354 g/mol. The molecule has 1 fully saturated rings. The van der Waals surface area contributed by atoms with Crippen LogP contribution in [0.4, 0.5) is 4.79 Å². The number of carbonyl (C=O) groups excluding carboxylic acids is 2. The topological polar surface area (TPSA) is 80.1 Å². The third-order valence-corrected chi connectivity index (χ3v) is 4.58. The summed E-state index contributed by atoms with van der Waals surface area (Å²) in [7, 11) is 0. The molecule has 26 heavy (non-hydrogen) atoms. The lowest BCUT2D eigenvalue weighted by molar-refractivity contribution is -0.127. The zero-order valence-corrected chi connectivity index (χ0v) is 15.6. The predicted molar refractivity (Wildman–Crippen MR) is 97.9 cm³/mol. The van der Waals surface area contributed by atoms with E-state index >= 15 is 0 Å². The number of hydrogen-bond acceptors (Lipinski definition) is 4. The number of imide groups is 1. The maximum Gasteiger partial charge on any atom is 0.324 e. The fourth-order valence-corrected chi connectivity index (χ4v) is 3.14. The molecule has 0 spiro atoms. The monoisotopic (exact) mass is 375 g/mol. The molecule has 0 saturated carbocycles. The minimum atomic E-state index is -0.578. The van der Waals surface area contributed by atoms with Gasteiger partial charge in [-0.1, -0.05) is 28.9 Å². The van der Waals surface area contributed by atoms with Gasteiger partial charge in [0.25, 0.3) is 5.91 Å². The van der Waals surface area contributed by atoms with Crippen LogP contribution in [0.1, 0.15) is 37.6 Å². The van der Waals surface area contributed by atoms with Gasteiger partial charge in [0.1, 0.15) is 6.04 Å². The molecule has 3 rings (SSSR count). The maximum atomic E-state index is 12.5. The van der Waals surface area contributed by atoms with Crippen LogP contribution >= 0.6 is 11.6 Å². The van der Waals surface area contributed by atoms with E-state index < -0.39 is 6.04 Å². The molecule has 138 valence electrons. The number of nitrogens with zero attached hydrogens (tertiary/aromatic N) is 4. The molecule has 8 heteroatoms. The van der Waals surface area contributed by atoms with Crippen LogP contribution in [0.25, 0.3) is 0 Å². The molecule has 0 aliphatic carbocycles. The molecule has 1 aliphatic rings. The van der Waals surface area contributed by atoms with Crippen molar-refractivity contribution >= 4 is 23.5 Å². The van der Waals surface area contributed by atoms with Crippen molar-refractivity contribution in [1.82, 2.24) is 25.2 Å². The number of rotatable bonds is 7. The average molecular weight is 376 g/mol. The molecule has 2 aromatic rings. The fourth-order valence-electron chi connectivity index (χ4n) is 2.93. The number of aromatic nitrogens is 3. The van der Waals surface area contributed by atoms with E-state index in [1.165, 1.54) is 4.90 Å². The van der Waals surface area contributed by atoms with Crippen molar-refractivity contribution in [2.75, 3.05) is 6.54 Å². The molecule has 2 heterocycles. The summed E-state index contributed by atoms with van der Waals surface area (Å²) in [5.74, 6) is -0.208. The Morgan fingerprint density at radius 2 is 2.12 bits per heavy atom. The van der Waals surface area contributed by atoms with Gasteiger partial charge in [-0.3, -0.25) is 9.69 Å². The van der Waals surface area contributed by atoms with Gasteiger partial charge in [-0.15, -0.1) is 5.10 Å². The summed E-state index contributed by atoms with van der Waals surface area (Å²) < 4.78 is 1.74. The Morgan fingerprint density at radius 1 is 1.31 bits per heavy atom. The molecule has 1 unspecified atom stereocenters. The Hall–Kier alpha value is -2.41. The molecule has 1 N–H and O–H groups in total. The van der Waals surface area contributed by atoms with Crippen molar-refractivity contribution < 1.29 is 9.59 Å². The highest BCUT2D eigenvalue weighted by atomic mass is 35.5. The summed E-state index contributed by atoms with van der Waals surface area (Å²) in [6.45, 7) is 4.39. The predicted octanol–water partition coefficient (Wildman–Crippen LogP) is 2.61. The first-order chi connectivity index (χ1) is 12.4. The first-order valence-corrected chi connectivity index (χ1v) is 9.09. The summed E-state index contributed by atoms with van der Waals surface area (Å²) in [4.78, 5) is 25.9. The largest absolute Gasteiger partial charge is 0.325 e. The number of amides is 3. The van der Waals surface area contributed by atoms with E-state index in [-0.39, 0.29) is 18.0 Å². The summed E-state index contributed by atoms with van der Waals surface area (Å²) >= 11 is 5.97. The quantitative estimate of drug-likeness (QED) is 0.754. The summed E-state index contributed by atoms with van der Waals surface area (Å²) in [5.41, 5.74) is 1.78. The van der Waals surface area contributed by atoms with Gasteiger partial charge in [-0.05, 0) is 44.4 Å². The lowest BCUT2D eigenvalue weighted by Gasteiger charge is -2.12. The van der Waals surface area contributed by atoms with E-state index in [0.717, 1.165) is 12.0 Å². The number of urea groups is 1. The molecule has 7 nitrogen and oxygen atoms in total. The molecule has 0 bridgehead atoms. The van der Waals surface area contributed by atoms with Gasteiger partial charge in [-0.2, -0.15) is 0 Å². The van der Waals surface area contributed by atoms with Crippen LogP contribution in [-0.2, 0) is 17.6 Å². The van der Waals surface area contributed by atoms with E-state index in [9.17, 15) is 9.59 Å². The molecule has 1 atom stereocenters. The highest BCUT2D eigenvalue weighted by molar-refractivity contribution is 6.30. The van der Waals surface area contributed by atoms with Crippen LogP contribution in [-0.4, -0.2) is 44.4 Å². The Bertz CT molecular complexity index is 804. The second kappa shape index (κ2) is 7.86. The molecular formula is C18H22ClN5O2. The van der Waals surface area contributed by atoms with Crippen LogP contribution in [0, 0.1) is 0 Å². The maximum absolute atomic E-state index is 12.5. The fraction of sp³-hybridized carbons (Fsp3) is 0.444. The average Bonchev–Trinajstić information content (AvgIpc) is 3.15.